The van der Waals surface area contributed by atoms with E-state index in [1.54, 1.807) is 36.4 Å². The normalized spacial score (nSPS) is 9.73. The Bertz CT molecular complexity index is 644. The smallest absolute Gasteiger partial charge is 0.339 e. The molecule has 2 rings (SSSR count). The van der Waals surface area contributed by atoms with Crippen molar-refractivity contribution in [2.45, 2.75) is 46.4 Å². The minimum atomic E-state index is -3.75. The molecule has 0 fully saturated rings. The van der Waals surface area contributed by atoms with Crippen LogP contribution in [-0.2, 0) is 10.1 Å². The summed E-state index contributed by atoms with van der Waals surface area (Å²) in [7, 11) is -3.75. The van der Waals surface area contributed by atoms with Crippen LogP contribution in [0.3, 0.4) is 0 Å². The van der Waals surface area contributed by atoms with Gasteiger partial charge in [-0.05, 0) is 43.7 Å². The van der Waals surface area contributed by atoms with Gasteiger partial charge < -0.3 is 4.18 Å². The molecule has 2 aromatic carbocycles. The van der Waals surface area contributed by atoms with Crippen LogP contribution in [0.2, 0.25) is 0 Å². The van der Waals surface area contributed by atoms with Gasteiger partial charge >= 0.3 is 10.1 Å². The first-order valence-electron chi connectivity index (χ1n) is 7.55. The minimum absolute atomic E-state index is 0.170. The molecule has 22 heavy (non-hydrogen) atoms. The molecule has 122 valence electrons. The number of hydrogen-bond donors (Lipinski definition) is 0. The Morgan fingerprint density at radius 1 is 0.773 bits per heavy atom. The van der Waals surface area contributed by atoms with Crippen molar-refractivity contribution in [3.63, 3.8) is 0 Å². The highest BCUT2D eigenvalue weighted by Gasteiger charge is 2.16. The maximum atomic E-state index is 12.0. The molecule has 4 heteroatoms. The van der Waals surface area contributed by atoms with Gasteiger partial charge in [-0.3, -0.25) is 0 Å². The van der Waals surface area contributed by atoms with Crippen molar-refractivity contribution in [3.8, 4) is 5.75 Å². The highest BCUT2D eigenvalue weighted by molar-refractivity contribution is 7.87. The standard InChI is InChI=1S/C14H14O3S.2C2H6/c1-11-6-8-13(9-7-11)17-18(15,16)14-5-3-4-12(2)10-14;2*1-2/h3-10H,1-2H3;2*1-2H3. The lowest BCUT2D eigenvalue weighted by molar-refractivity contribution is 0.486. The quantitative estimate of drug-likeness (QED) is 0.736. The molecule has 0 N–H and O–H groups in total. The van der Waals surface area contributed by atoms with Gasteiger partial charge in [0.05, 0.1) is 0 Å². The van der Waals surface area contributed by atoms with Crippen molar-refractivity contribution in [2.24, 2.45) is 0 Å². The molecule has 0 aliphatic heterocycles. The highest BCUT2D eigenvalue weighted by atomic mass is 32.2. The molecule has 0 radical (unpaired) electrons. The third kappa shape index (κ3) is 6.31. The maximum absolute atomic E-state index is 12.0. The monoisotopic (exact) mass is 322 g/mol. The van der Waals surface area contributed by atoms with Gasteiger partial charge in [0.25, 0.3) is 0 Å². The first-order valence-corrected chi connectivity index (χ1v) is 8.96. The molecule has 2 aromatic rings. The fourth-order valence-electron chi connectivity index (χ4n) is 1.54. The fraction of sp³-hybridized carbons (Fsp3) is 0.333. The second kappa shape index (κ2) is 10.0. The van der Waals surface area contributed by atoms with Crippen molar-refractivity contribution in [1.82, 2.24) is 0 Å². The largest absolute Gasteiger partial charge is 0.379 e. The summed E-state index contributed by atoms with van der Waals surface area (Å²) in [5.74, 6) is 0.321. The molecule has 0 aromatic heterocycles. The summed E-state index contributed by atoms with van der Waals surface area (Å²) in [5, 5.41) is 0. The molecule has 0 amide bonds. The van der Waals surface area contributed by atoms with Gasteiger partial charge in [0.1, 0.15) is 10.6 Å². The van der Waals surface area contributed by atoms with E-state index in [9.17, 15) is 8.42 Å². The van der Waals surface area contributed by atoms with E-state index in [-0.39, 0.29) is 4.90 Å². The van der Waals surface area contributed by atoms with Gasteiger partial charge in [-0.25, -0.2) is 0 Å². The molecule has 0 saturated heterocycles. The third-order valence-electron chi connectivity index (χ3n) is 2.51. The maximum Gasteiger partial charge on any atom is 0.339 e. The van der Waals surface area contributed by atoms with Crippen LogP contribution in [0.25, 0.3) is 0 Å². The van der Waals surface area contributed by atoms with Crippen LogP contribution in [0, 0.1) is 13.8 Å². The average Bonchev–Trinajstić information content (AvgIpc) is 2.53. The van der Waals surface area contributed by atoms with E-state index in [2.05, 4.69) is 0 Å². The van der Waals surface area contributed by atoms with Crippen LogP contribution in [-0.4, -0.2) is 8.42 Å². The third-order valence-corrected chi connectivity index (χ3v) is 3.75. The molecule has 0 unspecified atom stereocenters. The van der Waals surface area contributed by atoms with Crippen LogP contribution in [0.15, 0.2) is 53.4 Å². The van der Waals surface area contributed by atoms with Gasteiger partial charge in [0.2, 0.25) is 0 Å². The van der Waals surface area contributed by atoms with Gasteiger partial charge in [-0.2, -0.15) is 8.42 Å². The SMILES string of the molecule is CC.CC.Cc1ccc(OS(=O)(=O)c2cccc(C)c2)cc1. The van der Waals surface area contributed by atoms with Gasteiger partial charge in [0.15, 0.2) is 0 Å². The van der Waals surface area contributed by atoms with Crippen LogP contribution in [0.4, 0.5) is 0 Å². The summed E-state index contributed by atoms with van der Waals surface area (Å²) in [4.78, 5) is 0.170. The predicted molar refractivity (Wildman–Crippen MR) is 92.9 cm³/mol. The topological polar surface area (TPSA) is 43.4 Å². The van der Waals surface area contributed by atoms with Gasteiger partial charge in [-0.15, -0.1) is 0 Å². The van der Waals surface area contributed by atoms with Crippen molar-refractivity contribution in [2.75, 3.05) is 0 Å². The van der Waals surface area contributed by atoms with Crippen molar-refractivity contribution >= 4 is 10.1 Å². The number of benzene rings is 2. The van der Waals surface area contributed by atoms with Crippen molar-refractivity contribution < 1.29 is 12.6 Å². The van der Waals surface area contributed by atoms with E-state index in [1.165, 1.54) is 6.07 Å². The second-order valence-electron chi connectivity index (χ2n) is 4.17. The number of aryl methyl sites for hydroxylation is 2. The van der Waals surface area contributed by atoms with Gasteiger partial charge in [-0.1, -0.05) is 57.5 Å². The van der Waals surface area contributed by atoms with E-state index < -0.39 is 10.1 Å². The highest BCUT2D eigenvalue weighted by Crippen LogP contribution is 2.19. The lowest BCUT2D eigenvalue weighted by Crippen LogP contribution is -2.09. The Morgan fingerprint density at radius 2 is 1.32 bits per heavy atom. The Labute approximate surface area is 135 Å². The van der Waals surface area contributed by atoms with Crippen LogP contribution < -0.4 is 4.18 Å². The molecule has 0 bridgehead atoms. The lowest BCUT2D eigenvalue weighted by Gasteiger charge is -2.07. The summed E-state index contributed by atoms with van der Waals surface area (Å²) in [6.07, 6.45) is 0. The number of hydrogen-bond acceptors (Lipinski definition) is 3. The number of rotatable bonds is 3. The zero-order chi connectivity index (χ0) is 17.2. The van der Waals surface area contributed by atoms with E-state index in [4.69, 9.17) is 4.18 Å². The summed E-state index contributed by atoms with van der Waals surface area (Å²) in [5.41, 5.74) is 1.93. The zero-order valence-electron chi connectivity index (χ0n) is 14.3. The van der Waals surface area contributed by atoms with E-state index >= 15 is 0 Å². The van der Waals surface area contributed by atoms with Crippen LogP contribution in [0.5, 0.6) is 5.75 Å². The summed E-state index contributed by atoms with van der Waals surface area (Å²) in [6.45, 7) is 11.8. The zero-order valence-corrected chi connectivity index (χ0v) is 15.1. The Kier molecular flexibility index (Phi) is 9.18. The molecule has 3 nitrogen and oxygen atoms in total. The Morgan fingerprint density at radius 3 is 1.82 bits per heavy atom. The van der Waals surface area contributed by atoms with E-state index in [1.807, 2.05) is 47.6 Å². The fourth-order valence-corrected chi connectivity index (χ4v) is 2.58. The van der Waals surface area contributed by atoms with Gasteiger partial charge in [0, 0.05) is 0 Å². The lowest BCUT2D eigenvalue weighted by atomic mass is 10.2. The molecule has 0 spiro atoms. The predicted octanol–water partition coefficient (Wildman–Crippen LogP) is 5.12. The first-order chi connectivity index (χ1) is 10.5. The average molecular weight is 322 g/mol. The minimum Gasteiger partial charge on any atom is -0.379 e. The van der Waals surface area contributed by atoms with E-state index in [0.717, 1.165) is 11.1 Å². The van der Waals surface area contributed by atoms with Crippen molar-refractivity contribution in [1.29, 1.82) is 0 Å². The molecule has 0 atom stereocenters. The molecular formula is C18H26O3S. The van der Waals surface area contributed by atoms with Crippen LogP contribution in [0.1, 0.15) is 38.8 Å². The first kappa shape index (κ1) is 20.2. The Balaban J connectivity index is 0.00000102. The Hall–Kier alpha value is -1.81. The molecule has 0 heterocycles. The van der Waals surface area contributed by atoms with E-state index in [0.29, 0.717) is 5.75 Å². The second-order valence-corrected chi connectivity index (χ2v) is 5.71. The molecule has 0 saturated carbocycles. The summed E-state index contributed by atoms with van der Waals surface area (Å²) < 4.78 is 29.1. The molecule has 0 aliphatic carbocycles. The van der Waals surface area contributed by atoms with Crippen LogP contribution >= 0.6 is 0 Å². The molecular weight excluding hydrogens is 296 g/mol. The van der Waals surface area contributed by atoms with Crippen molar-refractivity contribution in [3.05, 3.63) is 59.7 Å². The summed E-state index contributed by atoms with van der Waals surface area (Å²) in [6, 6.07) is 13.5. The molecule has 0 aliphatic rings. The summed E-state index contributed by atoms with van der Waals surface area (Å²) >= 11 is 0.